The number of aromatic nitrogens is 1. The third-order valence-corrected chi connectivity index (χ3v) is 9.72. The van der Waals surface area contributed by atoms with Gasteiger partial charge in [-0.05, 0) is 60.9 Å². The topological polar surface area (TPSA) is 94.5 Å². The Labute approximate surface area is 216 Å². The molecule has 37 heavy (non-hydrogen) atoms. The van der Waals surface area contributed by atoms with E-state index in [0.29, 0.717) is 30.9 Å². The number of amides is 1. The molecule has 6 rings (SSSR count). The molecule has 2 fully saturated rings. The van der Waals surface area contributed by atoms with Crippen molar-refractivity contribution in [2.24, 2.45) is 0 Å². The maximum absolute atomic E-state index is 13.0. The number of ether oxygens (including phenoxy) is 1. The molecular formula is C29H30N2O5S. The Hall–Kier alpha value is -3.39. The molecule has 0 bridgehead atoms. The third kappa shape index (κ3) is 4.27. The monoisotopic (exact) mass is 518 g/mol. The van der Waals surface area contributed by atoms with Crippen LogP contribution < -0.4 is 4.72 Å². The Morgan fingerprint density at radius 3 is 2.49 bits per heavy atom. The van der Waals surface area contributed by atoms with Gasteiger partial charge in [-0.2, -0.15) is 0 Å². The largest absolute Gasteiger partial charge is 0.466 e. The summed E-state index contributed by atoms with van der Waals surface area (Å²) in [6, 6.07) is 13.5. The van der Waals surface area contributed by atoms with Crippen molar-refractivity contribution in [3.63, 3.8) is 0 Å². The van der Waals surface area contributed by atoms with E-state index in [4.69, 9.17) is 4.74 Å². The molecule has 8 heteroatoms. The number of fused-ring (bicyclic) bond motifs is 5. The van der Waals surface area contributed by atoms with Gasteiger partial charge in [0.2, 0.25) is 10.0 Å². The van der Waals surface area contributed by atoms with E-state index in [9.17, 15) is 18.0 Å². The maximum Gasteiger partial charge on any atom is 0.335 e. The maximum atomic E-state index is 13.0. The minimum absolute atomic E-state index is 0.286. The molecule has 1 amide bonds. The van der Waals surface area contributed by atoms with Crippen molar-refractivity contribution in [2.75, 3.05) is 7.11 Å². The SMILES string of the molecule is COC(=O)C1=Cc2ccccc2-c2c(C3CCCCC3)c3ccc(C(=O)NS(=O)(=O)C4CC4)cc3n2C1. The number of benzene rings is 2. The fourth-order valence-corrected chi connectivity index (χ4v) is 7.22. The van der Waals surface area contributed by atoms with Gasteiger partial charge in [-0.1, -0.05) is 49.6 Å². The Bertz CT molecular complexity index is 1560. The molecule has 1 aliphatic heterocycles. The number of esters is 1. The molecule has 2 saturated carbocycles. The highest BCUT2D eigenvalue weighted by Gasteiger charge is 2.37. The summed E-state index contributed by atoms with van der Waals surface area (Å²) in [5, 5.41) is 0.566. The summed E-state index contributed by atoms with van der Waals surface area (Å²) < 4.78 is 34.3. The first kappa shape index (κ1) is 24.0. The number of sulfonamides is 1. The highest BCUT2D eigenvalue weighted by atomic mass is 32.2. The number of carbonyl (C=O) groups is 2. The third-order valence-electron chi connectivity index (χ3n) is 7.90. The number of nitrogens with one attached hydrogen (secondary N) is 1. The molecule has 1 N–H and O–H groups in total. The van der Waals surface area contributed by atoms with Crippen molar-refractivity contribution in [1.82, 2.24) is 9.29 Å². The lowest BCUT2D eigenvalue weighted by Gasteiger charge is -2.24. The molecule has 3 aromatic rings. The molecule has 0 radical (unpaired) electrons. The van der Waals surface area contributed by atoms with Crippen molar-refractivity contribution in [3.05, 3.63) is 64.7 Å². The van der Waals surface area contributed by atoms with E-state index in [1.54, 1.807) is 12.1 Å². The Balaban J connectivity index is 1.56. The summed E-state index contributed by atoms with van der Waals surface area (Å²) in [4.78, 5) is 25.8. The minimum Gasteiger partial charge on any atom is -0.466 e. The molecule has 0 spiro atoms. The van der Waals surface area contributed by atoms with Crippen molar-refractivity contribution in [2.45, 2.75) is 62.7 Å². The van der Waals surface area contributed by atoms with Gasteiger partial charge < -0.3 is 9.30 Å². The lowest BCUT2D eigenvalue weighted by molar-refractivity contribution is -0.136. The molecule has 2 heterocycles. The lowest BCUT2D eigenvalue weighted by atomic mass is 9.81. The molecule has 2 aromatic carbocycles. The van der Waals surface area contributed by atoms with Gasteiger partial charge in [0.05, 0.1) is 30.2 Å². The zero-order valence-electron chi connectivity index (χ0n) is 20.8. The van der Waals surface area contributed by atoms with Gasteiger partial charge in [-0.25, -0.2) is 17.9 Å². The van der Waals surface area contributed by atoms with E-state index in [1.807, 2.05) is 30.3 Å². The van der Waals surface area contributed by atoms with E-state index >= 15 is 0 Å². The number of rotatable bonds is 5. The minimum atomic E-state index is -3.66. The van der Waals surface area contributed by atoms with Crippen LogP contribution in [0.2, 0.25) is 0 Å². The fraction of sp³-hybridized carbons (Fsp3) is 0.379. The van der Waals surface area contributed by atoms with Crippen molar-refractivity contribution in [1.29, 1.82) is 0 Å². The van der Waals surface area contributed by atoms with Crippen LogP contribution in [0, 0.1) is 0 Å². The number of carbonyl (C=O) groups excluding carboxylic acids is 2. The van der Waals surface area contributed by atoms with Crippen LogP contribution in [0.5, 0.6) is 0 Å². The van der Waals surface area contributed by atoms with Crippen LogP contribution in [0.3, 0.4) is 0 Å². The quantitative estimate of drug-likeness (QED) is 0.472. The van der Waals surface area contributed by atoms with Crippen LogP contribution in [0.25, 0.3) is 28.2 Å². The van der Waals surface area contributed by atoms with Gasteiger partial charge in [0.1, 0.15) is 0 Å². The van der Waals surface area contributed by atoms with E-state index < -0.39 is 27.1 Å². The van der Waals surface area contributed by atoms with Crippen LogP contribution in [0.1, 0.15) is 72.3 Å². The van der Waals surface area contributed by atoms with Crippen molar-refractivity contribution < 1.29 is 22.7 Å². The van der Waals surface area contributed by atoms with E-state index in [-0.39, 0.29) is 5.56 Å². The average molecular weight is 519 g/mol. The molecular weight excluding hydrogens is 488 g/mol. The highest BCUT2D eigenvalue weighted by Crippen LogP contribution is 2.46. The van der Waals surface area contributed by atoms with Gasteiger partial charge in [-0.15, -0.1) is 0 Å². The van der Waals surface area contributed by atoms with Crippen LogP contribution in [0.15, 0.2) is 48.0 Å². The number of nitrogens with zero attached hydrogens (tertiary/aromatic N) is 1. The Morgan fingerprint density at radius 2 is 1.76 bits per heavy atom. The van der Waals surface area contributed by atoms with E-state index in [1.165, 1.54) is 31.9 Å². The van der Waals surface area contributed by atoms with Crippen LogP contribution in [-0.2, 0) is 26.1 Å². The molecule has 2 aliphatic carbocycles. The molecule has 7 nitrogen and oxygen atoms in total. The van der Waals surface area contributed by atoms with Crippen LogP contribution in [-0.4, -0.2) is 37.2 Å². The predicted octanol–water partition coefficient (Wildman–Crippen LogP) is 5.15. The summed E-state index contributed by atoms with van der Waals surface area (Å²) in [6.45, 7) is 0.297. The van der Waals surface area contributed by atoms with Gasteiger partial charge in [0, 0.05) is 22.0 Å². The van der Waals surface area contributed by atoms with Crippen molar-refractivity contribution >= 4 is 38.9 Å². The second kappa shape index (κ2) is 9.17. The second-order valence-corrected chi connectivity index (χ2v) is 12.3. The Morgan fingerprint density at radius 1 is 1.00 bits per heavy atom. The van der Waals surface area contributed by atoms with Crippen LogP contribution >= 0.6 is 0 Å². The van der Waals surface area contributed by atoms with Gasteiger partial charge in [-0.3, -0.25) is 4.79 Å². The zero-order valence-corrected chi connectivity index (χ0v) is 21.6. The first-order chi connectivity index (χ1) is 17.9. The summed E-state index contributed by atoms with van der Waals surface area (Å²) in [5.74, 6) is -0.649. The van der Waals surface area contributed by atoms with Crippen LogP contribution in [0.4, 0.5) is 0 Å². The molecule has 0 atom stereocenters. The first-order valence-corrected chi connectivity index (χ1v) is 14.5. The standard InChI is InChI=1S/C29H30N2O5S/c1-36-29(33)21-15-19-9-5-6-10-23(19)27-26(18-7-3-2-4-8-18)24-14-11-20(16-25(24)31(27)17-21)28(32)30-37(34,35)22-12-13-22/h5-6,9-11,14-16,18,22H,2-4,7-8,12-13,17H2,1H3,(H,30,32). The summed E-state index contributed by atoms with van der Waals surface area (Å²) in [6.07, 6.45) is 8.81. The normalized spacial score (nSPS) is 17.9. The number of hydrogen-bond acceptors (Lipinski definition) is 5. The van der Waals surface area contributed by atoms with Gasteiger partial charge in [0.15, 0.2) is 0 Å². The highest BCUT2D eigenvalue weighted by molar-refractivity contribution is 7.91. The first-order valence-electron chi connectivity index (χ1n) is 13.0. The molecule has 0 saturated heterocycles. The zero-order chi connectivity index (χ0) is 25.7. The van der Waals surface area contributed by atoms with Crippen molar-refractivity contribution in [3.8, 4) is 11.3 Å². The molecule has 0 unspecified atom stereocenters. The average Bonchev–Trinajstić information content (AvgIpc) is 3.74. The summed E-state index contributed by atoms with van der Waals surface area (Å²) in [7, 11) is -2.28. The van der Waals surface area contributed by atoms with E-state index in [2.05, 4.69) is 15.4 Å². The Kier molecular flexibility index (Phi) is 5.94. The molecule has 1 aromatic heterocycles. The van der Waals surface area contributed by atoms with Gasteiger partial charge >= 0.3 is 5.97 Å². The van der Waals surface area contributed by atoms with Gasteiger partial charge in [0.25, 0.3) is 5.91 Å². The molecule has 192 valence electrons. The second-order valence-electron chi connectivity index (χ2n) is 10.3. The summed E-state index contributed by atoms with van der Waals surface area (Å²) >= 11 is 0. The summed E-state index contributed by atoms with van der Waals surface area (Å²) in [5.41, 5.74) is 5.93. The molecule has 3 aliphatic rings. The fourth-order valence-electron chi connectivity index (χ4n) is 5.92. The smallest absolute Gasteiger partial charge is 0.335 e. The number of methoxy groups -OCH3 is 1. The van der Waals surface area contributed by atoms with E-state index in [0.717, 1.165) is 40.6 Å². The predicted molar refractivity (Wildman–Crippen MR) is 143 cm³/mol. The number of hydrogen-bond donors (Lipinski definition) is 1. The lowest BCUT2D eigenvalue weighted by Crippen LogP contribution is -2.33.